The van der Waals surface area contributed by atoms with Gasteiger partial charge in [0.25, 0.3) is 5.91 Å². The van der Waals surface area contributed by atoms with Gasteiger partial charge in [-0.2, -0.15) is 0 Å². The summed E-state index contributed by atoms with van der Waals surface area (Å²) in [6, 6.07) is 6.63. The highest BCUT2D eigenvalue weighted by Gasteiger charge is 2.14. The number of benzene rings is 1. The molecule has 0 bridgehead atoms. The van der Waals surface area contributed by atoms with Crippen molar-refractivity contribution in [2.75, 3.05) is 12.4 Å². The molecule has 1 amide bonds. The number of carbonyl (C=O) groups is 2. The molecule has 0 saturated heterocycles. The summed E-state index contributed by atoms with van der Waals surface area (Å²) >= 11 is 0. The van der Waals surface area contributed by atoms with Crippen LogP contribution in [0.4, 0.5) is 5.69 Å². The van der Waals surface area contributed by atoms with Crippen LogP contribution in [0.15, 0.2) is 29.8 Å². The van der Waals surface area contributed by atoms with Gasteiger partial charge < -0.3 is 10.1 Å². The van der Waals surface area contributed by atoms with Gasteiger partial charge in [0, 0.05) is 12.6 Å². The molecule has 2 N–H and O–H groups in total. The zero-order chi connectivity index (χ0) is 12.8. The maximum absolute atomic E-state index is 11.6. The molecule has 0 heterocycles. The zero-order valence-corrected chi connectivity index (χ0v) is 9.53. The number of amides is 1. The minimum atomic E-state index is -0.641. The molecule has 0 saturated carbocycles. The Balaban J connectivity index is 2.81. The predicted octanol–water partition coefficient (Wildman–Crippen LogP) is 1.40. The Bertz CT molecular complexity index is 485. The third-order valence-corrected chi connectivity index (χ3v) is 2.05. The Labute approximate surface area is 98.6 Å². The van der Waals surface area contributed by atoms with Crippen molar-refractivity contribution < 1.29 is 14.3 Å². The largest absolute Gasteiger partial charge is 0.497 e. The van der Waals surface area contributed by atoms with Crippen molar-refractivity contribution in [3.8, 4) is 5.75 Å². The molecule has 17 heavy (non-hydrogen) atoms. The maximum atomic E-state index is 11.6. The van der Waals surface area contributed by atoms with Crippen LogP contribution in [0.5, 0.6) is 5.75 Å². The van der Waals surface area contributed by atoms with Gasteiger partial charge in [0.15, 0.2) is 5.78 Å². The Morgan fingerprint density at radius 3 is 2.29 bits per heavy atom. The number of hydrogen-bond acceptors (Lipinski definition) is 4. The molecular formula is C12H12N2O3. The second kappa shape index (κ2) is 5.63. The zero-order valence-electron chi connectivity index (χ0n) is 9.53. The lowest BCUT2D eigenvalue weighted by Crippen LogP contribution is -2.19. The summed E-state index contributed by atoms with van der Waals surface area (Å²) in [7, 11) is 1.54. The summed E-state index contributed by atoms with van der Waals surface area (Å²) in [6.07, 6.45) is 0. The van der Waals surface area contributed by atoms with E-state index in [1.54, 1.807) is 31.4 Å². The van der Waals surface area contributed by atoms with Crippen molar-refractivity contribution in [2.45, 2.75) is 6.92 Å². The van der Waals surface area contributed by atoms with Crippen molar-refractivity contribution in [1.29, 1.82) is 5.41 Å². The maximum Gasteiger partial charge on any atom is 0.268 e. The summed E-state index contributed by atoms with van der Waals surface area (Å²) in [6.45, 7) is 1.21. The van der Waals surface area contributed by atoms with E-state index in [1.165, 1.54) is 6.92 Å². The molecule has 1 aromatic carbocycles. The van der Waals surface area contributed by atoms with Crippen LogP contribution in [0.25, 0.3) is 0 Å². The lowest BCUT2D eigenvalue weighted by atomic mass is 10.2. The summed E-state index contributed by atoms with van der Waals surface area (Å²) in [5.74, 6) is 1.35. The third-order valence-electron chi connectivity index (χ3n) is 2.05. The molecular weight excluding hydrogens is 220 g/mol. The van der Waals surface area contributed by atoms with Crippen molar-refractivity contribution in [2.24, 2.45) is 0 Å². The van der Waals surface area contributed by atoms with Crippen LogP contribution >= 0.6 is 0 Å². The second-order valence-electron chi connectivity index (χ2n) is 3.24. The van der Waals surface area contributed by atoms with Crippen molar-refractivity contribution in [3.05, 3.63) is 29.8 Å². The Morgan fingerprint density at radius 2 is 1.88 bits per heavy atom. The van der Waals surface area contributed by atoms with Gasteiger partial charge >= 0.3 is 0 Å². The number of hydrogen-bond donors (Lipinski definition) is 2. The van der Waals surface area contributed by atoms with E-state index in [0.29, 0.717) is 11.4 Å². The molecule has 0 aliphatic rings. The molecule has 1 rings (SSSR count). The smallest absolute Gasteiger partial charge is 0.268 e. The highest BCUT2D eigenvalue weighted by atomic mass is 16.5. The van der Waals surface area contributed by atoms with Crippen LogP contribution in [-0.2, 0) is 9.59 Å². The van der Waals surface area contributed by atoms with Gasteiger partial charge in [-0.25, -0.2) is 0 Å². The van der Waals surface area contributed by atoms with Gasteiger partial charge in [-0.15, -0.1) is 0 Å². The van der Waals surface area contributed by atoms with Gasteiger partial charge in [0.2, 0.25) is 0 Å². The van der Waals surface area contributed by atoms with E-state index < -0.39 is 11.7 Å². The van der Waals surface area contributed by atoms with E-state index in [2.05, 4.69) is 5.32 Å². The lowest BCUT2D eigenvalue weighted by molar-refractivity contribution is -0.118. The average molecular weight is 232 g/mol. The fourth-order valence-electron chi connectivity index (χ4n) is 1.17. The topological polar surface area (TPSA) is 79.2 Å². The SMILES string of the molecule is COc1ccc(NC(=O)C(=C=N)C(C)=O)cc1. The number of Topliss-reactive ketones (excluding diaryl/α,β-unsaturated/α-hetero) is 1. The number of ketones is 1. The number of anilines is 1. The molecule has 0 unspecified atom stereocenters. The summed E-state index contributed by atoms with van der Waals surface area (Å²) < 4.78 is 4.97. The minimum absolute atomic E-state index is 0.305. The molecule has 0 radical (unpaired) electrons. The first-order chi connectivity index (χ1) is 8.08. The van der Waals surface area contributed by atoms with Crippen LogP contribution in [0, 0.1) is 5.41 Å². The standard InChI is InChI=1S/C12H12N2O3/c1-8(15)11(7-13)12(16)14-9-3-5-10(17-2)6-4-9/h3-6,13H,1-2H3,(H,14,16). The van der Waals surface area contributed by atoms with E-state index in [-0.39, 0.29) is 5.57 Å². The second-order valence-corrected chi connectivity index (χ2v) is 3.24. The molecule has 88 valence electrons. The van der Waals surface area contributed by atoms with Gasteiger partial charge in [0.1, 0.15) is 11.3 Å². The van der Waals surface area contributed by atoms with Gasteiger partial charge in [-0.3, -0.25) is 15.0 Å². The highest BCUT2D eigenvalue weighted by Crippen LogP contribution is 2.15. The summed E-state index contributed by atoms with van der Waals surface area (Å²) in [5.41, 5.74) is 0.214. The van der Waals surface area contributed by atoms with Crippen LogP contribution in [0.1, 0.15) is 6.92 Å². The Hall–Kier alpha value is -2.39. The number of rotatable bonds is 4. The number of methoxy groups -OCH3 is 1. The predicted molar refractivity (Wildman–Crippen MR) is 63.5 cm³/mol. The fraction of sp³-hybridized carbons (Fsp3) is 0.167. The van der Waals surface area contributed by atoms with E-state index in [0.717, 1.165) is 0 Å². The number of nitrogens with one attached hydrogen (secondary N) is 2. The molecule has 1 aromatic rings. The molecule has 0 aromatic heterocycles. The number of carbonyl (C=O) groups excluding carboxylic acids is 2. The van der Waals surface area contributed by atoms with Crippen molar-refractivity contribution in [3.63, 3.8) is 0 Å². The van der Waals surface area contributed by atoms with Crippen LogP contribution in [0.2, 0.25) is 0 Å². The van der Waals surface area contributed by atoms with E-state index >= 15 is 0 Å². The van der Waals surface area contributed by atoms with Crippen LogP contribution in [0.3, 0.4) is 0 Å². The normalized spacial score (nSPS) is 9.06. The molecule has 0 aliphatic carbocycles. The average Bonchev–Trinajstić information content (AvgIpc) is 2.30. The Kier molecular flexibility index (Phi) is 4.20. The molecule has 0 spiro atoms. The summed E-state index contributed by atoms with van der Waals surface area (Å²) in [4.78, 5) is 22.6. The molecule has 5 heteroatoms. The highest BCUT2D eigenvalue weighted by molar-refractivity contribution is 6.27. The Morgan fingerprint density at radius 1 is 1.29 bits per heavy atom. The molecule has 0 aliphatic heterocycles. The monoisotopic (exact) mass is 232 g/mol. The lowest BCUT2D eigenvalue weighted by Gasteiger charge is -2.05. The van der Waals surface area contributed by atoms with Crippen molar-refractivity contribution in [1.82, 2.24) is 0 Å². The van der Waals surface area contributed by atoms with Gasteiger partial charge in [-0.1, -0.05) is 0 Å². The van der Waals surface area contributed by atoms with Crippen molar-refractivity contribution >= 4 is 23.2 Å². The first-order valence-electron chi connectivity index (χ1n) is 4.84. The van der Waals surface area contributed by atoms with E-state index in [9.17, 15) is 9.59 Å². The van der Waals surface area contributed by atoms with Gasteiger partial charge in [-0.05, 0) is 30.1 Å². The van der Waals surface area contributed by atoms with E-state index in [1.807, 2.05) is 5.87 Å². The minimum Gasteiger partial charge on any atom is -0.497 e. The molecule has 0 atom stereocenters. The first kappa shape index (κ1) is 12.7. The first-order valence-corrected chi connectivity index (χ1v) is 4.84. The van der Waals surface area contributed by atoms with Crippen LogP contribution < -0.4 is 10.1 Å². The quantitative estimate of drug-likeness (QED) is 0.356. The van der Waals surface area contributed by atoms with Gasteiger partial charge in [0.05, 0.1) is 7.11 Å². The third kappa shape index (κ3) is 3.29. The molecule has 5 nitrogen and oxygen atoms in total. The molecule has 0 fully saturated rings. The summed E-state index contributed by atoms with van der Waals surface area (Å²) in [5, 5.41) is 9.35. The van der Waals surface area contributed by atoms with E-state index in [4.69, 9.17) is 10.1 Å². The van der Waals surface area contributed by atoms with Crippen LogP contribution in [-0.4, -0.2) is 24.7 Å². The fourth-order valence-corrected chi connectivity index (χ4v) is 1.17. The number of ether oxygens (including phenoxy) is 1.